The number of aromatic nitrogens is 2. The number of nitrogens with zero attached hydrogens (tertiary/aromatic N) is 5. The average Bonchev–Trinajstić information content (AvgIpc) is 3.36. The van der Waals surface area contributed by atoms with E-state index in [1.807, 2.05) is 35.6 Å². The summed E-state index contributed by atoms with van der Waals surface area (Å²) < 4.78 is 0. The second kappa shape index (κ2) is 11.4. The lowest BCUT2D eigenvalue weighted by Crippen LogP contribution is -2.50. The van der Waals surface area contributed by atoms with Gasteiger partial charge in [0.1, 0.15) is 16.5 Å². The summed E-state index contributed by atoms with van der Waals surface area (Å²) >= 11 is 1.85. The quantitative estimate of drug-likeness (QED) is 0.310. The minimum Gasteiger partial charge on any atom is -0.352 e. The number of likely N-dealkylation sites (N-methyl/N-ethyl adjacent to an activating group) is 1. The number of hydrogen-bond acceptors (Lipinski definition) is 6. The van der Waals surface area contributed by atoms with Crippen molar-refractivity contribution in [3.05, 3.63) is 88.1 Å². The molecule has 0 saturated carbocycles. The van der Waals surface area contributed by atoms with Crippen LogP contribution in [-0.4, -0.2) is 64.9 Å². The number of thiophene rings is 1. The van der Waals surface area contributed by atoms with Gasteiger partial charge >= 0.3 is 0 Å². The van der Waals surface area contributed by atoms with Crippen LogP contribution >= 0.6 is 11.3 Å². The number of benzene rings is 2. The first-order valence-corrected chi connectivity index (χ1v) is 15.1. The van der Waals surface area contributed by atoms with Crippen LogP contribution in [-0.2, 0) is 24.2 Å². The lowest BCUT2D eigenvalue weighted by molar-refractivity contribution is -0.133. The molecule has 6 rings (SSSR count). The Bertz CT molecular complexity index is 1430. The molecule has 0 aliphatic carbocycles. The van der Waals surface area contributed by atoms with Crippen LogP contribution in [0.1, 0.15) is 53.6 Å². The summed E-state index contributed by atoms with van der Waals surface area (Å²) in [6.07, 6.45) is 2.58. The summed E-state index contributed by atoms with van der Waals surface area (Å²) in [7, 11) is 0. The topological polar surface area (TPSA) is 52.6 Å². The van der Waals surface area contributed by atoms with Crippen molar-refractivity contribution in [1.82, 2.24) is 19.8 Å². The number of piperazine rings is 1. The van der Waals surface area contributed by atoms with Gasteiger partial charge in [0.05, 0.1) is 11.3 Å². The number of amides is 1. The van der Waals surface area contributed by atoms with Crippen LogP contribution in [0.4, 0.5) is 5.82 Å². The third-order valence-electron chi connectivity index (χ3n) is 8.26. The average molecular weight is 540 g/mol. The standard InChI is InChI=1S/C32H37N5OS/c1-3-25(24-13-9-6-10-14-24)32(38)37-19-17-36(18-20-37)30-29-26-15-16-35(4-2)22-27(26)39-31(29)34-28(33-30)21-23-11-7-5-8-12-23/h5-14,25H,3-4,15-22H2,1-2H3. The van der Waals surface area contributed by atoms with E-state index >= 15 is 0 Å². The fourth-order valence-electron chi connectivity index (χ4n) is 6.03. The Kier molecular flexibility index (Phi) is 7.62. The Morgan fingerprint density at radius 1 is 0.923 bits per heavy atom. The number of anilines is 1. The van der Waals surface area contributed by atoms with Gasteiger partial charge in [-0.25, -0.2) is 9.97 Å². The maximum atomic E-state index is 13.5. The summed E-state index contributed by atoms with van der Waals surface area (Å²) in [5, 5.41) is 1.25. The molecule has 202 valence electrons. The van der Waals surface area contributed by atoms with Crippen LogP contribution in [0, 0.1) is 0 Å². The van der Waals surface area contributed by atoms with Gasteiger partial charge in [0.15, 0.2) is 0 Å². The van der Waals surface area contributed by atoms with E-state index < -0.39 is 0 Å². The number of fused-ring (bicyclic) bond motifs is 3. The first kappa shape index (κ1) is 26.0. The largest absolute Gasteiger partial charge is 0.352 e. The van der Waals surface area contributed by atoms with Crippen LogP contribution in [0.3, 0.4) is 0 Å². The molecule has 1 unspecified atom stereocenters. The number of carbonyl (C=O) groups is 1. The van der Waals surface area contributed by atoms with Gasteiger partial charge in [0.25, 0.3) is 0 Å². The summed E-state index contributed by atoms with van der Waals surface area (Å²) in [6, 6.07) is 20.7. The molecule has 2 aliphatic rings. The lowest BCUT2D eigenvalue weighted by Gasteiger charge is -2.37. The van der Waals surface area contributed by atoms with Crippen molar-refractivity contribution in [3.8, 4) is 0 Å². The van der Waals surface area contributed by atoms with Gasteiger partial charge in [0.2, 0.25) is 5.91 Å². The molecule has 1 atom stereocenters. The van der Waals surface area contributed by atoms with Crippen molar-refractivity contribution in [1.29, 1.82) is 0 Å². The van der Waals surface area contributed by atoms with E-state index in [0.717, 1.165) is 87.1 Å². The van der Waals surface area contributed by atoms with Crippen molar-refractivity contribution < 1.29 is 4.79 Å². The molecule has 39 heavy (non-hydrogen) atoms. The predicted molar refractivity (Wildman–Crippen MR) is 160 cm³/mol. The molecule has 0 N–H and O–H groups in total. The first-order chi connectivity index (χ1) is 19.1. The third-order valence-corrected chi connectivity index (χ3v) is 9.37. The van der Waals surface area contributed by atoms with Crippen molar-refractivity contribution in [2.75, 3.05) is 44.2 Å². The van der Waals surface area contributed by atoms with E-state index in [1.54, 1.807) is 0 Å². The molecule has 6 nitrogen and oxygen atoms in total. The fraction of sp³-hybridized carbons (Fsp3) is 0.406. The van der Waals surface area contributed by atoms with E-state index in [4.69, 9.17) is 9.97 Å². The van der Waals surface area contributed by atoms with Crippen molar-refractivity contribution in [3.63, 3.8) is 0 Å². The van der Waals surface area contributed by atoms with E-state index in [-0.39, 0.29) is 11.8 Å². The lowest BCUT2D eigenvalue weighted by atomic mass is 9.95. The minimum absolute atomic E-state index is 0.0774. The van der Waals surface area contributed by atoms with Crippen LogP contribution in [0.15, 0.2) is 60.7 Å². The van der Waals surface area contributed by atoms with Gasteiger partial charge in [-0.05, 0) is 36.1 Å². The van der Waals surface area contributed by atoms with Gasteiger partial charge in [-0.15, -0.1) is 11.3 Å². The van der Waals surface area contributed by atoms with E-state index in [9.17, 15) is 4.79 Å². The summed E-state index contributed by atoms with van der Waals surface area (Å²) in [6.45, 7) is 10.5. The number of hydrogen-bond donors (Lipinski definition) is 0. The number of rotatable bonds is 7. The van der Waals surface area contributed by atoms with Crippen molar-refractivity contribution in [2.24, 2.45) is 0 Å². The molecule has 1 amide bonds. The highest BCUT2D eigenvalue weighted by Gasteiger charge is 2.31. The Hall–Kier alpha value is -3.29. The summed E-state index contributed by atoms with van der Waals surface area (Å²) in [5.41, 5.74) is 3.78. The normalized spacial score (nSPS) is 16.9. The van der Waals surface area contributed by atoms with E-state index in [2.05, 4.69) is 64.9 Å². The Morgan fingerprint density at radius 3 is 2.33 bits per heavy atom. The van der Waals surface area contributed by atoms with Crippen LogP contribution < -0.4 is 4.90 Å². The Labute approximate surface area is 235 Å². The molecule has 2 aromatic carbocycles. The van der Waals surface area contributed by atoms with Gasteiger partial charge in [-0.2, -0.15) is 0 Å². The second-order valence-corrected chi connectivity index (χ2v) is 11.7. The summed E-state index contributed by atoms with van der Waals surface area (Å²) in [4.78, 5) is 33.4. The first-order valence-electron chi connectivity index (χ1n) is 14.3. The molecule has 0 bridgehead atoms. The maximum Gasteiger partial charge on any atom is 0.230 e. The Morgan fingerprint density at radius 2 is 1.64 bits per heavy atom. The molecule has 1 fully saturated rings. The highest BCUT2D eigenvalue weighted by Crippen LogP contribution is 2.39. The molecule has 4 aromatic rings. The van der Waals surface area contributed by atoms with Gasteiger partial charge in [-0.3, -0.25) is 9.69 Å². The fourth-order valence-corrected chi connectivity index (χ4v) is 7.30. The minimum atomic E-state index is -0.0774. The molecular weight excluding hydrogens is 502 g/mol. The highest BCUT2D eigenvalue weighted by molar-refractivity contribution is 7.19. The molecule has 7 heteroatoms. The monoisotopic (exact) mass is 539 g/mol. The van der Waals surface area contributed by atoms with Crippen LogP contribution in [0.2, 0.25) is 0 Å². The highest BCUT2D eigenvalue weighted by atomic mass is 32.1. The maximum absolute atomic E-state index is 13.5. The zero-order valence-corrected chi connectivity index (χ0v) is 23.8. The van der Waals surface area contributed by atoms with Gasteiger partial charge in [-0.1, -0.05) is 74.5 Å². The molecule has 2 aliphatic heterocycles. The SMILES string of the molecule is CCC(C(=O)N1CCN(c2nc(Cc3ccccc3)nc3sc4c(c23)CCN(CC)C4)CC1)c1ccccc1. The number of carbonyl (C=O) groups excluding carboxylic acids is 1. The van der Waals surface area contributed by atoms with Gasteiger partial charge < -0.3 is 9.80 Å². The Balaban J connectivity index is 1.28. The molecule has 0 spiro atoms. The van der Waals surface area contributed by atoms with Crippen LogP contribution in [0.25, 0.3) is 10.2 Å². The third kappa shape index (κ3) is 5.30. The van der Waals surface area contributed by atoms with E-state index in [0.29, 0.717) is 0 Å². The molecule has 1 saturated heterocycles. The second-order valence-electron chi connectivity index (χ2n) is 10.6. The predicted octanol–water partition coefficient (Wildman–Crippen LogP) is 5.50. The molecule has 2 aromatic heterocycles. The zero-order chi connectivity index (χ0) is 26.8. The zero-order valence-electron chi connectivity index (χ0n) is 23.0. The van der Waals surface area contributed by atoms with Gasteiger partial charge in [0, 0.05) is 50.6 Å². The summed E-state index contributed by atoms with van der Waals surface area (Å²) in [5.74, 6) is 2.11. The van der Waals surface area contributed by atoms with Crippen molar-refractivity contribution >= 4 is 33.3 Å². The van der Waals surface area contributed by atoms with Crippen LogP contribution in [0.5, 0.6) is 0 Å². The molecule has 0 radical (unpaired) electrons. The van der Waals surface area contributed by atoms with E-state index in [1.165, 1.54) is 21.4 Å². The van der Waals surface area contributed by atoms with Crippen molar-refractivity contribution in [2.45, 2.75) is 45.6 Å². The smallest absolute Gasteiger partial charge is 0.230 e. The molecular formula is C32H37N5OS. The molecule has 4 heterocycles.